The van der Waals surface area contributed by atoms with Crippen molar-refractivity contribution in [3.05, 3.63) is 59.7 Å². The average molecular weight is 292 g/mol. The predicted octanol–water partition coefficient (Wildman–Crippen LogP) is 6.48. The Bertz CT molecular complexity index is 657. The standard InChI is InChI=1S/C22H28/c1-5-15-22(16-6-2)20-14-10-8-12-18(20)17-11-7-9-13-19(17)21(22,3)4/h7-14H,5-6,15-16H2,1-4H3. The second-order valence-electron chi connectivity index (χ2n) is 7.30. The normalized spacial score (nSPS) is 17.6. The van der Waals surface area contributed by atoms with Crippen LogP contribution in [0.5, 0.6) is 0 Å². The van der Waals surface area contributed by atoms with E-state index in [0.717, 1.165) is 0 Å². The Morgan fingerprint density at radius 2 is 1.14 bits per heavy atom. The third kappa shape index (κ3) is 1.96. The molecule has 0 spiro atoms. The SMILES string of the molecule is CCCC1(CCC)c2ccccc2-c2ccccc2C1(C)C. The molecule has 22 heavy (non-hydrogen) atoms. The van der Waals surface area contributed by atoms with Gasteiger partial charge in [-0.3, -0.25) is 0 Å². The first-order valence-corrected chi connectivity index (χ1v) is 8.78. The van der Waals surface area contributed by atoms with Crippen molar-refractivity contribution in [2.24, 2.45) is 0 Å². The van der Waals surface area contributed by atoms with Gasteiger partial charge in [0.05, 0.1) is 0 Å². The molecule has 0 aromatic heterocycles. The van der Waals surface area contributed by atoms with Gasteiger partial charge < -0.3 is 0 Å². The van der Waals surface area contributed by atoms with E-state index in [4.69, 9.17) is 0 Å². The minimum atomic E-state index is 0.171. The summed E-state index contributed by atoms with van der Waals surface area (Å²) in [6.07, 6.45) is 5.00. The summed E-state index contributed by atoms with van der Waals surface area (Å²) >= 11 is 0. The first-order valence-electron chi connectivity index (χ1n) is 8.78. The summed E-state index contributed by atoms with van der Waals surface area (Å²) in [5.74, 6) is 0. The Morgan fingerprint density at radius 3 is 1.68 bits per heavy atom. The van der Waals surface area contributed by atoms with E-state index in [9.17, 15) is 0 Å². The fourth-order valence-electron chi connectivity index (χ4n) is 4.87. The van der Waals surface area contributed by atoms with Crippen molar-refractivity contribution >= 4 is 0 Å². The molecule has 0 aliphatic heterocycles. The summed E-state index contributed by atoms with van der Waals surface area (Å²) in [6.45, 7) is 9.59. The number of benzene rings is 2. The van der Waals surface area contributed by atoms with Crippen LogP contribution in [0.3, 0.4) is 0 Å². The van der Waals surface area contributed by atoms with Gasteiger partial charge in [-0.2, -0.15) is 0 Å². The van der Waals surface area contributed by atoms with Crippen LogP contribution in [0.1, 0.15) is 64.5 Å². The van der Waals surface area contributed by atoms with E-state index >= 15 is 0 Å². The first kappa shape index (κ1) is 15.3. The predicted molar refractivity (Wildman–Crippen MR) is 96.4 cm³/mol. The van der Waals surface area contributed by atoms with E-state index in [1.807, 2.05) is 0 Å². The van der Waals surface area contributed by atoms with Gasteiger partial charge in [0.25, 0.3) is 0 Å². The van der Waals surface area contributed by atoms with Crippen molar-refractivity contribution in [3.8, 4) is 11.1 Å². The number of hydrogen-bond donors (Lipinski definition) is 0. The molecular formula is C22H28. The van der Waals surface area contributed by atoms with Crippen molar-refractivity contribution in [1.29, 1.82) is 0 Å². The molecule has 0 atom stereocenters. The number of fused-ring (bicyclic) bond motifs is 3. The fourth-order valence-corrected chi connectivity index (χ4v) is 4.87. The molecule has 0 radical (unpaired) electrons. The Morgan fingerprint density at radius 1 is 0.682 bits per heavy atom. The van der Waals surface area contributed by atoms with E-state index in [0.29, 0.717) is 0 Å². The van der Waals surface area contributed by atoms with Crippen LogP contribution in [0.4, 0.5) is 0 Å². The minimum Gasteiger partial charge on any atom is -0.0654 e. The molecule has 0 saturated carbocycles. The highest BCUT2D eigenvalue weighted by Crippen LogP contribution is 2.57. The van der Waals surface area contributed by atoms with E-state index < -0.39 is 0 Å². The van der Waals surface area contributed by atoms with E-state index in [2.05, 4.69) is 76.2 Å². The van der Waals surface area contributed by atoms with Crippen LogP contribution in [0.25, 0.3) is 11.1 Å². The highest BCUT2D eigenvalue weighted by atomic mass is 14.5. The van der Waals surface area contributed by atoms with Crippen molar-refractivity contribution in [1.82, 2.24) is 0 Å². The molecule has 0 amide bonds. The Balaban J connectivity index is 2.36. The highest BCUT2D eigenvalue weighted by Gasteiger charge is 2.50. The molecule has 0 heterocycles. The van der Waals surface area contributed by atoms with Gasteiger partial charge >= 0.3 is 0 Å². The molecule has 1 aliphatic rings. The number of rotatable bonds is 4. The van der Waals surface area contributed by atoms with Gasteiger partial charge in [0.1, 0.15) is 0 Å². The smallest absolute Gasteiger partial charge is 0.00506 e. The summed E-state index contributed by atoms with van der Waals surface area (Å²) in [6, 6.07) is 18.2. The summed E-state index contributed by atoms with van der Waals surface area (Å²) in [5, 5.41) is 0. The topological polar surface area (TPSA) is 0 Å². The lowest BCUT2D eigenvalue weighted by atomic mass is 9.51. The van der Waals surface area contributed by atoms with Gasteiger partial charge in [-0.1, -0.05) is 89.1 Å². The van der Waals surface area contributed by atoms with Gasteiger partial charge in [0, 0.05) is 5.41 Å². The van der Waals surface area contributed by atoms with Crippen molar-refractivity contribution in [3.63, 3.8) is 0 Å². The molecule has 3 rings (SSSR count). The molecule has 0 N–H and O–H groups in total. The van der Waals surface area contributed by atoms with Crippen LogP contribution in [0.15, 0.2) is 48.5 Å². The zero-order valence-electron chi connectivity index (χ0n) is 14.4. The maximum absolute atomic E-state index is 2.47. The van der Waals surface area contributed by atoms with Crippen LogP contribution < -0.4 is 0 Å². The Labute approximate surface area is 135 Å². The maximum atomic E-state index is 2.47. The van der Waals surface area contributed by atoms with Crippen LogP contribution in [-0.4, -0.2) is 0 Å². The van der Waals surface area contributed by atoms with E-state index in [1.54, 1.807) is 5.56 Å². The molecule has 1 aliphatic carbocycles. The molecule has 116 valence electrons. The molecule has 2 aromatic rings. The molecule has 2 aromatic carbocycles. The lowest BCUT2D eigenvalue weighted by Gasteiger charge is -2.53. The Hall–Kier alpha value is -1.56. The van der Waals surface area contributed by atoms with Crippen LogP contribution in [0.2, 0.25) is 0 Å². The van der Waals surface area contributed by atoms with Crippen LogP contribution >= 0.6 is 0 Å². The summed E-state index contributed by atoms with van der Waals surface area (Å²) in [4.78, 5) is 0. The lowest BCUT2D eigenvalue weighted by Crippen LogP contribution is -2.48. The Kier molecular flexibility index (Phi) is 3.89. The molecule has 0 unspecified atom stereocenters. The monoisotopic (exact) mass is 292 g/mol. The van der Waals surface area contributed by atoms with Crippen molar-refractivity contribution < 1.29 is 0 Å². The number of hydrogen-bond acceptors (Lipinski definition) is 0. The third-order valence-corrected chi connectivity index (χ3v) is 5.88. The second-order valence-corrected chi connectivity index (χ2v) is 7.30. The molecule has 0 bridgehead atoms. The molecule has 0 nitrogen and oxygen atoms in total. The van der Waals surface area contributed by atoms with Crippen molar-refractivity contribution in [2.45, 2.75) is 64.2 Å². The average Bonchev–Trinajstić information content (AvgIpc) is 2.53. The lowest BCUT2D eigenvalue weighted by molar-refractivity contribution is 0.208. The zero-order chi connectivity index (χ0) is 15.8. The third-order valence-electron chi connectivity index (χ3n) is 5.88. The maximum Gasteiger partial charge on any atom is 0.00506 e. The van der Waals surface area contributed by atoms with Crippen LogP contribution in [-0.2, 0) is 10.8 Å². The minimum absolute atomic E-state index is 0.171. The molecule has 0 heteroatoms. The van der Waals surface area contributed by atoms with E-state index in [1.165, 1.54) is 42.4 Å². The molecule has 0 saturated heterocycles. The molecule has 0 fully saturated rings. The summed E-state index contributed by atoms with van der Waals surface area (Å²) in [5.41, 5.74) is 6.41. The fraction of sp³-hybridized carbons (Fsp3) is 0.455. The van der Waals surface area contributed by atoms with Gasteiger partial charge in [-0.05, 0) is 40.5 Å². The first-order chi connectivity index (χ1) is 10.6. The van der Waals surface area contributed by atoms with Gasteiger partial charge in [0.2, 0.25) is 0 Å². The largest absolute Gasteiger partial charge is 0.0654 e. The van der Waals surface area contributed by atoms with Crippen molar-refractivity contribution in [2.75, 3.05) is 0 Å². The molecular weight excluding hydrogens is 264 g/mol. The van der Waals surface area contributed by atoms with Crippen LogP contribution in [0, 0.1) is 0 Å². The highest BCUT2D eigenvalue weighted by molar-refractivity contribution is 5.77. The zero-order valence-corrected chi connectivity index (χ0v) is 14.4. The van der Waals surface area contributed by atoms with Gasteiger partial charge in [-0.15, -0.1) is 0 Å². The quantitative estimate of drug-likeness (QED) is 0.604. The van der Waals surface area contributed by atoms with E-state index in [-0.39, 0.29) is 10.8 Å². The summed E-state index contributed by atoms with van der Waals surface area (Å²) in [7, 11) is 0. The van der Waals surface area contributed by atoms with Gasteiger partial charge in [0.15, 0.2) is 0 Å². The van der Waals surface area contributed by atoms with Gasteiger partial charge in [-0.25, -0.2) is 0 Å². The summed E-state index contributed by atoms with van der Waals surface area (Å²) < 4.78 is 0. The second kappa shape index (κ2) is 5.57.